The maximum absolute atomic E-state index is 13.2. The van der Waals surface area contributed by atoms with Gasteiger partial charge in [-0.25, -0.2) is 0 Å². The van der Waals surface area contributed by atoms with Gasteiger partial charge in [0.2, 0.25) is 12.2 Å². The molecule has 1 unspecified atom stereocenters. The molecule has 9 heteroatoms. The van der Waals surface area contributed by atoms with Crippen LogP contribution in [-0.2, 0) is 4.79 Å². The minimum absolute atomic E-state index is 0. The van der Waals surface area contributed by atoms with Gasteiger partial charge in [0.15, 0.2) is 0 Å². The Bertz CT molecular complexity index is 615. The fraction of sp³-hybridized carbons (Fsp3) is 0.789. The van der Waals surface area contributed by atoms with Crippen LogP contribution in [0.5, 0.6) is 0 Å². The van der Waals surface area contributed by atoms with Crippen molar-refractivity contribution in [2.24, 2.45) is 5.41 Å². The lowest BCUT2D eigenvalue weighted by Gasteiger charge is -2.38. The zero-order valence-corrected chi connectivity index (χ0v) is 18.9. The average Bonchev–Trinajstić information content (AvgIpc) is 3.10. The molecule has 0 spiro atoms. The van der Waals surface area contributed by atoms with Gasteiger partial charge < -0.3 is 14.6 Å². The molecule has 1 atom stereocenters. The number of nitrogens with zero attached hydrogens (tertiary/aromatic N) is 3. The van der Waals surface area contributed by atoms with Crippen molar-refractivity contribution < 1.29 is 14.0 Å². The summed E-state index contributed by atoms with van der Waals surface area (Å²) in [6, 6.07) is -0.457. The number of hydrogen-bond donors (Lipinski definition) is 1. The quantitative estimate of drug-likeness (QED) is 0.261. The fourth-order valence-electron chi connectivity index (χ4n) is 3.46. The van der Waals surface area contributed by atoms with Crippen LogP contribution in [0, 0.1) is 5.41 Å². The Morgan fingerprint density at radius 1 is 1.32 bits per heavy atom. The first-order valence-corrected chi connectivity index (χ1v) is 10.7. The van der Waals surface area contributed by atoms with Crippen LogP contribution in [0.1, 0.15) is 70.0 Å². The molecular weight excluding hydrogens is 400 g/mol. The molecule has 1 aromatic rings. The third-order valence-electron chi connectivity index (χ3n) is 4.78. The summed E-state index contributed by atoms with van der Waals surface area (Å²) in [6.45, 7) is 7.03. The molecule has 1 saturated carbocycles. The summed E-state index contributed by atoms with van der Waals surface area (Å²) in [5, 5.41) is 11.4. The van der Waals surface area contributed by atoms with Crippen molar-refractivity contribution in [3.8, 4) is 0 Å². The van der Waals surface area contributed by atoms with E-state index in [9.17, 15) is 9.59 Å². The van der Waals surface area contributed by atoms with Crippen LogP contribution < -0.4 is 5.32 Å². The number of Topliss-reactive ketones (excluding diaryl/α,β-unsaturated/α-hetero) is 1. The second-order valence-electron chi connectivity index (χ2n) is 8.31. The smallest absolute Gasteiger partial charge is 0.286 e. The lowest BCUT2D eigenvalue weighted by atomic mass is 9.84. The molecule has 0 saturated heterocycles. The number of nitrogens with one attached hydrogen (secondary N) is 1. The Balaban J connectivity index is 0.00000392. The normalized spacial score (nSPS) is 16.3. The van der Waals surface area contributed by atoms with E-state index in [0.717, 1.165) is 44.4 Å². The second-order valence-corrected chi connectivity index (χ2v) is 9.36. The van der Waals surface area contributed by atoms with Gasteiger partial charge in [-0.15, -0.1) is 22.6 Å². The molecule has 1 N–H and O–H groups in total. The van der Waals surface area contributed by atoms with Gasteiger partial charge >= 0.3 is 0 Å². The van der Waals surface area contributed by atoms with E-state index < -0.39 is 6.04 Å². The molecule has 7 nitrogen and oxygen atoms in total. The molecule has 160 valence electrons. The van der Waals surface area contributed by atoms with Crippen LogP contribution in [0.25, 0.3) is 0 Å². The first-order chi connectivity index (χ1) is 12.9. The monoisotopic (exact) mass is 432 g/mol. The van der Waals surface area contributed by atoms with Crippen molar-refractivity contribution in [3.05, 3.63) is 5.89 Å². The number of ketones is 1. The Morgan fingerprint density at radius 3 is 2.57 bits per heavy atom. The Hall–Kier alpha value is -1.12. The van der Waals surface area contributed by atoms with Crippen LogP contribution >= 0.6 is 24.2 Å². The molecule has 1 aliphatic carbocycles. The molecule has 0 aromatic carbocycles. The lowest BCUT2D eigenvalue weighted by molar-refractivity contribution is -0.123. The van der Waals surface area contributed by atoms with Gasteiger partial charge in [0.25, 0.3) is 11.1 Å². The maximum atomic E-state index is 13.2. The van der Waals surface area contributed by atoms with Gasteiger partial charge in [-0.1, -0.05) is 51.8 Å². The number of hydrogen-bond acceptors (Lipinski definition) is 7. The number of carbonyl (C=O) groups is 2. The number of thioether (sulfide) groups is 1. The summed E-state index contributed by atoms with van der Waals surface area (Å²) in [5.74, 6) is 0.523. The molecule has 1 fully saturated rings. The Kier molecular flexibility index (Phi) is 10.5. The molecule has 0 bridgehead atoms. The molecule has 1 amide bonds. The lowest BCUT2D eigenvalue weighted by Crippen LogP contribution is -2.49. The van der Waals surface area contributed by atoms with Gasteiger partial charge in [0.1, 0.15) is 6.04 Å². The zero-order chi connectivity index (χ0) is 19.9. The van der Waals surface area contributed by atoms with Gasteiger partial charge in [-0.3, -0.25) is 9.59 Å². The maximum Gasteiger partial charge on any atom is 0.286 e. The minimum atomic E-state index is -0.568. The highest BCUT2D eigenvalue weighted by Crippen LogP contribution is 2.30. The van der Waals surface area contributed by atoms with Gasteiger partial charge in [-0.2, -0.15) is 0 Å². The summed E-state index contributed by atoms with van der Waals surface area (Å²) in [6.07, 6.45) is 6.67. The highest BCUT2D eigenvalue weighted by molar-refractivity contribution is 7.99. The Labute approximate surface area is 178 Å². The van der Waals surface area contributed by atoms with Gasteiger partial charge in [-0.05, 0) is 31.7 Å². The molecule has 1 aromatic heterocycles. The Morgan fingerprint density at radius 2 is 2.00 bits per heavy atom. The summed E-state index contributed by atoms with van der Waals surface area (Å²) in [5.41, 5.74) is -0.110. The molecule has 1 aliphatic rings. The van der Waals surface area contributed by atoms with Gasteiger partial charge in [0, 0.05) is 18.3 Å². The highest BCUT2D eigenvalue weighted by atomic mass is 35.5. The van der Waals surface area contributed by atoms with Crippen LogP contribution in [-0.4, -0.2) is 58.7 Å². The zero-order valence-electron chi connectivity index (χ0n) is 17.3. The van der Waals surface area contributed by atoms with Crippen LogP contribution in [0.2, 0.25) is 0 Å². The van der Waals surface area contributed by atoms with Crippen molar-refractivity contribution in [2.45, 2.75) is 76.6 Å². The van der Waals surface area contributed by atoms with E-state index in [0.29, 0.717) is 11.6 Å². The van der Waals surface area contributed by atoms with E-state index in [1.807, 2.05) is 7.05 Å². The van der Waals surface area contributed by atoms with Crippen molar-refractivity contribution in [1.82, 2.24) is 20.4 Å². The van der Waals surface area contributed by atoms with E-state index in [1.54, 1.807) is 4.90 Å². The number of halogens is 1. The number of rotatable bonds is 10. The van der Waals surface area contributed by atoms with Crippen LogP contribution in [0.4, 0.5) is 0 Å². The number of carbonyl (C=O) groups excluding carboxylic acids is 2. The topological polar surface area (TPSA) is 88.3 Å². The van der Waals surface area contributed by atoms with E-state index in [4.69, 9.17) is 4.42 Å². The largest absolute Gasteiger partial charge is 0.408 e. The fourth-order valence-corrected chi connectivity index (χ4v) is 4.17. The molecule has 1 heterocycles. The van der Waals surface area contributed by atoms with Gasteiger partial charge in [0.05, 0.1) is 0 Å². The van der Waals surface area contributed by atoms with Crippen molar-refractivity contribution in [1.29, 1.82) is 0 Å². The van der Waals surface area contributed by atoms with Crippen molar-refractivity contribution in [2.75, 3.05) is 19.3 Å². The van der Waals surface area contributed by atoms with E-state index in [2.05, 4.69) is 36.3 Å². The summed E-state index contributed by atoms with van der Waals surface area (Å²) < 4.78 is 5.59. The second kappa shape index (κ2) is 11.8. The van der Waals surface area contributed by atoms with Crippen LogP contribution in [0.3, 0.4) is 0 Å². The first-order valence-electron chi connectivity index (χ1n) is 9.73. The van der Waals surface area contributed by atoms with E-state index >= 15 is 0 Å². The molecule has 0 radical (unpaired) electrons. The predicted molar refractivity (Wildman–Crippen MR) is 113 cm³/mol. The third kappa shape index (κ3) is 7.37. The molecular formula is C19H33ClN4O3S. The minimum Gasteiger partial charge on any atom is -0.408 e. The predicted octanol–water partition coefficient (Wildman–Crippen LogP) is 3.58. The summed E-state index contributed by atoms with van der Waals surface area (Å²) in [7, 11) is 1.87. The first kappa shape index (κ1) is 24.9. The third-order valence-corrected chi connectivity index (χ3v) is 5.60. The van der Waals surface area contributed by atoms with Crippen molar-refractivity contribution >= 4 is 36.4 Å². The highest BCUT2D eigenvalue weighted by Gasteiger charge is 2.37. The molecule has 0 aliphatic heterocycles. The van der Waals surface area contributed by atoms with Crippen LogP contribution in [0.15, 0.2) is 9.64 Å². The average molecular weight is 433 g/mol. The van der Waals surface area contributed by atoms with Crippen molar-refractivity contribution in [3.63, 3.8) is 0 Å². The summed E-state index contributed by atoms with van der Waals surface area (Å²) in [4.78, 5) is 26.8. The molecule has 2 rings (SSSR count). The summed E-state index contributed by atoms with van der Waals surface area (Å²) >= 11 is 1.41. The number of amides is 1. The van der Waals surface area contributed by atoms with E-state index in [1.165, 1.54) is 18.2 Å². The standard InChI is InChI=1S/C19H32N4O3S.ClH/c1-19(2,3)12-15(23(13-24)14-8-6-5-7-9-14)16(25)17-21-22-18(26-17)27-11-10-20-4;/h13-15,20H,5-12H2,1-4H3;1H. The SMILES string of the molecule is CNCCSc1nnc(C(=O)C(CC(C)(C)C)N(C=O)C2CCCCC2)o1.Cl. The van der Waals surface area contributed by atoms with E-state index in [-0.39, 0.29) is 35.5 Å². The molecule has 28 heavy (non-hydrogen) atoms. The number of aromatic nitrogens is 2.